The van der Waals surface area contributed by atoms with Crippen LogP contribution in [0.25, 0.3) is 32.8 Å². The SMILES string of the molecule is Oc1cc(-c2ccc3c(N4C[C@H]5CC[C@@H](C4)N5)nc(OCC4CCCO4)nc3c2)c2ccccc2c1. The van der Waals surface area contributed by atoms with Crippen LogP contribution in [0.1, 0.15) is 25.7 Å². The quantitative estimate of drug-likeness (QED) is 0.428. The Hall–Kier alpha value is -3.42. The number of nitrogens with one attached hydrogen (secondary N) is 1. The molecule has 4 aromatic rings. The first-order valence-electron chi connectivity index (χ1n) is 13.0. The molecule has 2 N–H and O–H groups in total. The molecule has 1 aromatic heterocycles. The first kappa shape index (κ1) is 21.8. The van der Waals surface area contributed by atoms with E-state index in [1.807, 2.05) is 24.3 Å². The summed E-state index contributed by atoms with van der Waals surface area (Å²) >= 11 is 0. The fourth-order valence-corrected chi connectivity index (χ4v) is 6.01. The summed E-state index contributed by atoms with van der Waals surface area (Å²) in [6, 6.07) is 19.5. The maximum absolute atomic E-state index is 10.4. The highest BCUT2D eigenvalue weighted by Gasteiger charge is 2.33. The molecular weight excluding hydrogens is 452 g/mol. The maximum atomic E-state index is 10.4. The van der Waals surface area contributed by atoms with E-state index in [4.69, 9.17) is 19.4 Å². The number of phenolic OH excluding ortho intramolecular Hbond substituents is 1. The molecule has 0 amide bonds. The molecule has 7 rings (SSSR count). The first-order valence-corrected chi connectivity index (χ1v) is 13.0. The lowest BCUT2D eigenvalue weighted by atomic mass is 9.97. The van der Waals surface area contributed by atoms with Crippen molar-refractivity contribution in [2.75, 3.05) is 31.2 Å². The summed E-state index contributed by atoms with van der Waals surface area (Å²) in [5, 5.41) is 17.2. The minimum Gasteiger partial charge on any atom is -0.508 e. The van der Waals surface area contributed by atoms with Gasteiger partial charge in [0.05, 0.1) is 11.6 Å². The zero-order valence-electron chi connectivity index (χ0n) is 20.2. The van der Waals surface area contributed by atoms with Gasteiger partial charge in [-0.05, 0) is 71.8 Å². The lowest BCUT2D eigenvalue weighted by molar-refractivity contribution is 0.0647. The fourth-order valence-electron chi connectivity index (χ4n) is 6.01. The number of hydrogen-bond acceptors (Lipinski definition) is 7. The minimum absolute atomic E-state index is 0.104. The van der Waals surface area contributed by atoms with Crippen LogP contribution < -0.4 is 15.0 Å². The summed E-state index contributed by atoms with van der Waals surface area (Å²) in [7, 11) is 0. The number of ether oxygens (including phenoxy) is 2. The van der Waals surface area contributed by atoms with Crippen LogP contribution in [0.15, 0.2) is 54.6 Å². The second-order valence-electron chi connectivity index (χ2n) is 10.3. The molecule has 3 atom stereocenters. The number of nitrogens with zero attached hydrogens (tertiary/aromatic N) is 3. The monoisotopic (exact) mass is 482 g/mol. The van der Waals surface area contributed by atoms with Crippen LogP contribution in [0.5, 0.6) is 11.8 Å². The Morgan fingerprint density at radius 2 is 1.83 bits per heavy atom. The van der Waals surface area contributed by atoms with Crippen molar-refractivity contribution in [3.05, 3.63) is 54.6 Å². The van der Waals surface area contributed by atoms with Crippen molar-refractivity contribution in [2.45, 2.75) is 43.9 Å². The van der Waals surface area contributed by atoms with Crippen molar-refractivity contribution in [1.82, 2.24) is 15.3 Å². The number of fused-ring (bicyclic) bond motifs is 4. The molecule has 3 aliphatic heterocycles. The molecule has 0 saturated carbocycles. The van der Waals surface area contributed by atoms with Gasteiger partial charge in [0.1, 0.15) is 18.2 Å². The van der Waals surface area contributed by atoms with Gasteiger partial charge in [0.25, 0.3) is 0 Å². The molecular formula is C29H30N4O3. The van der Waals surface area contributed by atoms with Crippen molar-refractivity contribution < 1.29 is 14.6 Å². The number of aromatic hydroxyl groups is 1. The van der Waals surface area contributed by atoms with Gasteiger partial charge in [-0.1, -0.05) is 30.3 Å². The van der Waals surface area contributed by atoms with Gasteiger partial charge in [-0.15, -0.1) is 0 Å². The second kappa shape index (κ2) is 8.91. The lowest BCUT2D eigenvalue weighted by Gasteiger charge is -2.34. The third-order valence-corrected chi connectivity index (χ3v) is 7.75. The molecule has 3 saturated heterocycles. The van der Waals surface area contributed by atoms with Crippen molar-refractivity contribution in [3.8, 4) is 22.9 Å². The molecule has 3 fully saturated rings. The largest absolute Gasteiger partial charge is 0.508 e. The molecule has 184 valence electrons. The molecule has 0 radical (unpaired) electrons. The Balaban J connectivity index is 1.32. The highest BCUT2D eigenvalue weighted by atomic mass is 16.5. The zero-order valence-corrected chi connectivity index (χ0v) is 20.2. The van der Waals surface area contributed by atoms with Crippen LogP contribution in [0.2, 0.25) is 0 Å². The number of rotatable bonds is 5. The number of benzene rings is 3. The highest BCUT2D eigenvalue weighted by Crippen LogP contribution is 2.36. The Morgan fingerprint density at radius 3 is 2.67 bits per heavy atom. The lowest BCUT2D eigenvalue weighted by Crippen LogP contribution is -2.51. The van der Waals surface area contributed by atoms with Crippen molar-refractivity contribution >= 4 is 27.5 Å². The average Bonchev–Trinajstić information content (AvgIpc) is 3.55. The van der Waals surface area contributed by atoms with Gasteiger partial charge in [-0.2, -0.15) is 9.97 Å². The molecule has 1 unspecified atom stereocenters. The van der Waals surface area contributed by atoms with Crippen molar-refractivity contribution in [1.29, 1.82) is 0 Å². The highest BCUT2D eigenvalue weighted by molar-refractivity contribution is 6.00. The Bertz CT molecular complexity index is 1420. The summed E-state index contributed by atoms with van der Waals surface area (Å²) < 4.78 is 11.9. The number of aromatic nitrogens is 2. The summed E-state index contributed by atoms with van der Waals surface area (Å²) in [6.07, 6.45) is 4.61. The number of hydrogen-bond donors (Lipinski definition) is 2. The number of phenols is 1. The van der Waals surface area contributed by atoms with Gasteiger partial charge >= 0.3 is 6.01 Å². The van der Waals surface area contributed by atoms with Crippen molar-refractivity contribution in [2.24, 2.45) is 0 Å². The molecule has 2 bridgehead atoms. The number of piperazine rings is 1. The van der Waals surface area contributed by atoms with Crippen LogP contribution in [0, 0.1) is 0 Å². The molecule has 7 nitrogen and oxygen atoms in total. The number of anilines is 1. The van der Waals surface area contributed by atoms with Gasteiger partial charge in [0.2, 0.25) is 0 Å². The minimum atomic E-state index is 0.104. The van der Waals surface area contributed by atoms with Crippen LogP contribution in [-0.2, 0) is 4.74 Å². The smallest absolute Gasteiger partial charge is 0.319 e. The third-order valence-electron chi connectivity index (χ3n) is 7.75. The molecule has 7 heteroatoms. The first-order chi connectivity index (χ1) is 17.7. The van der Waals surface area contributed by atoms with Crippen LogP contribution in [0.3, 0.4) is 0 Å². The van der Waals surface area contributed by atoms with Crippen LogP contribution in [-0.4, -0.2) is 59.6 Å². The van der Waals surface area contributed by atoms with E-state index in [-0.39, 0.29) is 11.9 Å². The average molecular weight is 483 g/mol. The molecule has 3 aliphatic rings. The molecule has 0 aliphatic carbocycles. The van der Waals surface area contributed by atoms with Gasteiger partial charge in [-0.25, -0.2) is 0 Å². The standard InChI is InChI=1S/C29H30N4O3/c34-22-12-18-4-1-2-6-24(18)26(14-22)19-7-10-25-27(13-19)31-29(36-17-23-5-3-11-35-23)32-28(25)33-15-20-8-9-21(16-33)30-20/h1-2,4,6-7,10,12-14,20-21,23,30,34H,3,5,8-9,11,15-17H2/t20-,21+,23?. The molecule has 0 spiro atoms. The van der Waals surface area contributed by atoms with E-state index in [1.54, 1.807) is 6.07 Å². The summed E-state index contributed by atoms with van der Waals surface area (Å²) in [5.41, 5.74) is 2.83. The maximum Gasteiger partial charge on any atom is 0.319 e. The van der Waals surface area contributed by atoms with E-state index in [9.17, 15) is 5.11 Å². The van der Waals surface area contributed by atoms with Crippen LogP contribution in [0.4, 0.5) is 5.82 Å². The predicted octanol–water partition coefficient (Wildman–Crippen LogP) is 4.65. The second-order valence-corrected chi connectivity index (χ2v) is 10.3. The molecule has 3 aromatic carbocycles. The summed E-state index contributed by atoms with van der Waals surface area (Å²) in [6.45, 7) is 3.14. The van der Waals surface area contributed by atoms with Crippen LogP contribution >= 0.6 is 0 Å². The third kappa shape index (κ3) is 4.02. The van der Waals surface area contributed by atoms with E-state index in [0.29, 0.717) is 24.7 Å². The topological polar surface area (TPSA) is 79.7 Å². The molecule has 36 heavy (non-hydrogen) atoms. The predicted molar refractivity (Wildman–Crippen MR) is 141 cm³/mol. The van der Waals surface area contributed by atoms with Crippen molar-refractivity contribution in [3.63, 3.8) is 0 Å². The van der Waals surface area contributed by atoms with E-state index in [0.717, 1.165) is 71.2 Å². The zero-order chi connectivity index (χ0) is 24.1. The van der Waals surface area contributed by atoms with E-state index in [1.165, 1.54) is 12.8 Å². The Morgan fingerprint density at radius 1 is 0.972 bits per heavy atom. The van der Waals surface area contributed by atoms with E-state index < -0.39 is 0 Å². The fraction of sp³-hybridized carbons (Fsp3) is 0.379. The van der Waals surface area contributed by atoms with Gasteiger partial charge in [-0.3, -0.25) is 0 Å². The van der Waals surface area contributed by atoms with E-state index in [2.05, 4.69) is 34.5 Å². The van der Waals surface area contributed by atoms with Gasteiger partial charge in [0.15, 0.2) is 0 Å². The van der Waals surface area contributed by atoms with Gasteiger partial charge < -0.3 is 24.8 Å². The summed E-state index contributed by atoms with van der Waals surface area (Å²) in [5.74, 6) is 1.19. The summed E-state index contributed by atoms with van der Waals surface area (Å²) in [4.78, 5) is 12.2. The Kier molecular flexibility index (Phi) is 5.40. The Labute approximate surface area is 210 Å². The van der Waals surface area contributed by atoms with Gasteiger partial charge in [0, 0.05) is 37.2 Å². The molecule has 4 heterocycles. The van der Waals surface area contributed by atoms with E-state index >= 15 is 0 Å². The normalized spacial score (nSPS) is 23.6.